The highest BCUT2D eigenvalue weighted by molar-refractivity contribution is 5.98. The molecule has 0 aliphatic carbocycles. The Balaban J connectivity index is 1.84. The summed E-state index contributed by atoms with van der Waals surface area (Å²) in [7, 11) is 0. The number of ether oxygens (including phenoxy) is 1. The van der Waals surface area contributed by atoms with E-state index in [1.54, 1.807) is 0 Å². The summed E-state index contributed by atoms with van der Waals surface area (Å²) in [6.45, 7) is 7.23. The molecule has 1 amide bonds. The number of amides is 1. The number of nitrogens with two attached hydrogens (primary N) is 1. The van der Waals surface area contributed by atoms with E-state index >= 15 is 0 Å². The maximum Gasteiger partial charge on any atom is 0.246 e. The van der Waals surface area contributed by atoms with Gasteiger partial charge in [-0.25, -0.2) is 0 Å². The molecule has 3 rings (SSSR count). The Hall–Kier alpha value is -2.69. The molecule has 0 fully saturated rings. The van der Waals surface area contributed by atoms with Crippen molar-refractivity contribution in [1.82, 2.24) is 0 Å². The van der Waals surface area contributed by atoms with Crippen molar-refractivity contribution in [3.8, 4) is 5.75 Å². The first kappa shape index (κ1) is 17.1. The predicted molar refractivity (Wildman–Crippen MR) is 102 cm³/mol. The zero-order valence-electron chi connectivity index (χ0n) is 15.0. The molecule has 1 heterocycles. The quantitative estimate of drug-likeness (QED) is 0.838. The maximum atomic E-state index is 12.9. The molecule has 5 heteroatoms. The van der Waals surface area contributed by atoms with E-state index in [1.807, 2.05) is 44.2 Å². The van der Waals surface area contributed by atoms with Crippen molar-refractivity contribution in [3.05, 3.63) is 47.5 Å². The number of carbonyl (C=O) groups excluding carboxylic acids is 1. The fraction of sp³-hybridized carbons (Fsp3) is 0.350. The Labute approximate surface area is 148 Å². The molecule has 1 aliphatic rings. The standard InChI is InChI=1S/C20H25N3O2/c1-4-15-7-5-6-13(2)19(15)22-20(24)14(3)23-10-11-25-18-9-8-16(21)12-17(18)23/h5-9,12,14H,4,10-11,21H2,1-3H3,(H,22,24). The minimum absolute atomic E-state index is 0.0284. The molecule has 0 aromatic heterocycles. The topological polar surface area (TPSA) is 67.6 Å². The summed E-state index contributed by atoms with van der Waals surface area (Å²) in [6, 6.07) is 11.3. The molecule has 1 aliphatic heterocycles. The van der Waals surface area contributed by atoms with E-state index < -0.39 is 0 Å². The molecule has 2 aromatic carbocycles. The number of nitrogens with one attached hydrogen (secondary N) is 1. The van der Waals surface area contributed by atoms with Crippen LogP contribution in [0.15, 0.2) is 36.4 Å². The van der Waals surface area contributed by atoms with Crippen LogP contribution in [0.4, 0.5) is 17.1 Å². The molecule has 0 saturated carbocycles. The number of benzene rings is 2. The van der Waals surface area contributed by atoms with Gasteiger partial charge in [0.05, 0.1) is 12.2 Å². The molecule has 5 nitrogen and oxygen atoms in total. The van der Waals surface area contributed by atoms with Crippen molar-refractivity contribution in [1.29, 1.82) is 0 Å². The maximum absolute atomic E-state index is 12.9. The van der Waals surface area contributed by atoms with Crippen LogP contribution in [-0.2, 0) is 11.2 Å². The first-order chi connectivity index (χ1) is 12.0. The Morgan fingerprint density at radius 3 is 2.92 bits per heavy atom. The molecule has 1 atom stereocenters. The molecule has 0 radical (unpaired) electrons. The van der Waals surface area contributed by atoms with Crippen LogP contribution in [0.3, 0.4) is 0 Å². The molecule has 132 valence electrons. The lowest BCUT2D eigenvalue weighted by Gasteiger charge is -2.35. The number of carbonyl (C=O) groups is 1. The van der Waals surface area contributed by atoms with Crippen molar-refractivity contribution in [2.75, 3.05) is 29.1 Å². The SMILES string of the molecule is CCc1cccc(C)c1NC(=O)C(C)N1CCOc2ccc(N)cc21. The van der Waals surface area contributed by atoms with Crippen LogP contribution in [0.5, 0.6) is 5.75 Å². The second-order valence-corrected chi connectivity index (χ2v) is 6.40. The van der Waals surface area contributed by atoms with Gasteiger partial charge in [-0.2, -0.15) is 0 Å². The van der Waals surface area contributed by atoms with Gasteiger partial charge in [0.1, 0.15) is 18.4 Å². The van der Waals surface area contributed by atoms with Gasteiger partial charge in [0.25, 0.3) is 0 Å². The summed E-state index contributed by atoms with van der Waals surface area (Å²) in [5.74, 6) is 0.740. The van der Waals surface area contributed by atoms with Crippen molar-refractivity contribution in [3.63, 3.8) is 0 Å². The van der Waals surface area contributed by atoms with E-state index in [9.17, 15) is 4.79 Å². The number of hydrogen-bond acceptors (Lipinski definition) is 4. The third-order valence-electron chi connectivity index (χ3n) is 4.72. The second-order valence-electron chi connectivity index (χ2n) is 6.40. The summed E-state index contributed by atoms with van der Waals surface area (Å²) < 4.78 is 5.68. The first-order valence-electron chi connectivity index (χ1n) is 8.69. The molecule has 1 unspecified atom stereocenters. The van der Waals surface area contributed by atoms with Crippen LogP contribution in [0.2, 0.25) is 0 Å². The van der Waals surface area contributed by atoms with Gasteiger partial charge in [0, 0.05) is 11.4 Å². The Kier molecular flexibility index (Phi) is 4.83. The number of rotatable bonds is 4. The normalized spacial score (nSPS) is 14.4. The van der Waals surface area contributed by atoms with Gasteiger partial charge in [-0.1, -0.05) is 25.1 Å². The molecule has 0 bridgehead atoms. The third-order valence-corrected chi connectivity index (χ3v) is 4.72. The van der Waals surface area contributed by atoms with Gasteiger partial charge in [-0.3, -0.25) is 4.79 Å². The number of anilines is 3. The molecular weight excluding hydrogens is 314 g/mol. The fourth-order valence-electron chi connectivity index (χ4n) is 3.23. The fourth-order valence-corrected chi connectivity index (χ4v) is 3.23. The van der Waals surface area contributed by atoms with E-state index in [2.05, 4.69) is 23.2 Å². The molecular formula is C20H25N3O2. The van der Waals surface area contributed by atoms with Gasteiger partial charge in [-0.05, 0) is 49.6 Å². The Morgan fingerprint density at radius 1 is 1.36 bits per heavy atom. The molecule has 25 heavy (non-hydrogen) atoms. The average molecular weight is 339 g/mol. The largest absolute Gasteiger partial charge is 0.490 e. The van der Waals surface area contributed by atoms with Crippen LogP contribution in [-0.4, -0.2) is 25.1 Å². The Morgan fingerprint density at radius 2 is 2.16 bits per heavy atom. The lowest BCUT2D eigenvalue weighted by Crippen LogP contribution is -2.46. The van der Waals surface area contributed by atoms with Gasteiger partial charge < -0.3 is 20.7 Å². The zero-order chi connectivity index (χ0) is 18.0. The Bertz CT molecular complexity index is 789. The number of hydrogen-bond donors (Lipinski definition) is 2. The van der Waals surface area contributed by atoms with E-state index in [1.165, 1.54) is 0 Å². The highest BCUT2D eigenvalue weighted by Crippen LogP contribution is 2.34. The van der Waals surface area contributed by atoms with Crippen LogP contribution in [0.25, 0.3) is 0 Å². The minimum Gasteiger partial charge on any atom is -0.490 e. The van der Waals surface area contributed by atoms with E-state index in [-0.39, 0.29) is 11.9 Å². The lowest BCUT2D eigenvalue weighted by molar-refractivity contribution is -0.117. The van der Waals surface area contributed by atoms with Crippen molar-refractivity contribution in [2.24, 2.45) is 0 Å². The summed E-state index contributed by atoms with van der Waals surface area (Å²) in [5, 5.41) is 3.12. The van der Waals surface area contributed by atoms with E-state index in [0.29, 0.717) is 18.8 Å². The van der Waals surface area contributed by atoms with Crippen LogP contribution < -0.4 is 20.7 Å². The van der Waals surface area contributed by atoms with E-state index in [0.717, 1.165) is 34.7 Å². The van der Waals surface area contributed by atoms with Gasteiger partial charge in [0.15, 0.2) is 0 Å². The highest BCUT2D eigenvalue weighted by atomic mass is 16.5. The smallest absolute Gasteiger partial charge is 0.246 e. The average Bonchev–Trinajstić information content (AvgIpc) is 2.62. The third kappa shape index (κ3) is 3.40. The predicted octanol–water partition coefficient (Wildman–Crippen LogP) is 3.37. The summed E-state index contributed by atoms with van der Waals surface area (Å²) in [6.07, 6.45) is 0.878. The first-order valence-corrected chi connectivity index (χ1v) is 8.69. The zero-order valence-corrected chi connectivity index (χ0v) is 15.0. The lowest BCUT2D eigenvalue weighted by atomic mass is 10.1. The van der Waals surface area contributed by atoms with E-state index in [4.69, 9.17) is 10.5 Å². The van der Waals surface area contributed by atoms with Gasteiger partial charge >= 0.3 is 0 Å². The van der Waals surface area contributed by atoms with Gasteiger partial charge in [-0.15, -0.1) is 0 Å². The van der Waals surface area contributed by atoms with Crippen LogP contribution >= 0.6 is 0 Å². The number of aryl methyl sites for hydroxylation is 2. The van der Waals surface area contributed by atoms with Crippen molar-refractivity contribution < 1.29 is 9.53 Å². The second kappa shape index (κ2) is 7.05. The summed E-state index contributed by atoms with van der Waals surface area (Å²) in [5.41, 5.74) is 10.6. The number of fused-ring (bicyclic) bond motifs is 1. The van der Waals surface area contributed by atoms with Crippen molar-refractivity contribution in [2.45, 2.75) is 33.2 Å². The van der Waals surface area contributed by atoms with Gasteiger partial charge in [0.2, 0.25) is 5.91 Å². The molecule has 3 N–H and O–H groups in total. The van der Waals surface area contributed by atoms with Crippen LogP contribution in [0, 0.1) is 6.92 Å². The van der Waals surface area contributed by atoms with Crippen LogP contribution in [0.1, 0.15) is 25.0 Å². The summed E-state index contributed by atoms with van der Waals surface area (Å²) in [4.78, 5) is 15.0. The number of nitrogens with zero attached hydrogens (tertiary/aromatic N) is 1. The monoisotopic (exact) mass is 339 g/mol. The van der Waals surface area contributed by atoms with Crippen molar-refractivity contribution >= 4 is 23.0 Å². The molecule has 0 spiro atoms. The molecule has 0 saturated heterocycles. The summed E-state index contributed by atoms with van der Waals surface area (Å²) >= 11 is 0. The highest BCUT2D eigenvalue weighted by Gasteiger charge is 2.27. The molecule has 2 aromatic rings. The minimum atomic E-state index is -0.325. The number of para-hydroxylation sites is 1. The number of nitrogen functional groups attached to an aromatic ring is 1.